The first-order chi connectivity index (χ1) is 23.4. The minimum Gasteiger partial charge on any atom is -0.461 e. The Balaban J connectivity index is 1.37. The molecule has 3 fully saturated rings. The van der Waals surface area contributed by atoms with Crippen molar-refractivity contribution < 1.29 is 32.1 Å². The van der Waals surface area contributed by atoms with Crippen LogP contribution in [0, 0.1) is 18.3 Å². The summed E-state index contributed by atoms with van der Waals surface area (Å²) in [6, 6.07) is 4.98. The molecular weight excluding hydrogens is 664 g/mol. The lowest BCUT2D eigenvalue weighted by molar-refractivity contribution is -0.137. The summed E-state index contributed by atoms with van der Waals surface area (Å²) >= 11 is 1.12. The van der Waals surface area contributed by atoms with E-state index in [1.165, 1.54) is 25.3 Å². The van der Waals surface area contributed by atoms with Crippen LogP contribution in [0.25, 0.3) is 42.5 Å². The molecule has 11 nitrogen and oxygen atoms in total. The van der Waals surface area contributed by atoms with Crippen LogP contribution in [-0.4, -0.2) is 98.5 Å². The Morgan fingerprint density at radius 3 is 2.86 bits per heavy atom. The summed E-state index contributed by atoms with van der Waals surface area (Å²) in [4.78, 5) is 18.4. The van der Waals surface area contributed by atoms with Crippen molar-refractivity contribution in [3.8, 4) is 23.3 Å². The first kappa shape index (κ1) is 32.1. The average molecular weight is 697 g/mol. The fourth-order valence-electron chi connectivity index (χ4n) is 7.83. The molecule has 0 bridgehead atoms. The van der Waals surface area contributed by atoms with E-state index in [1.807, 2.05) is 11.0 Å². The van der Waals surface area contributed by atoms with Crippen molar-refractivity contribution in [3.63, 3.8) is 0 Å². The minimum absolute atomic E-state index is 0.0246. The number of pyridine rings is 1. The number of nitrogens with zero attached hydrogens (tertiary/aromatic N) is 7. The van der Waals surface area contributed by atoms with Crippen LogP contribution in [0.1, 0.15) is 43.0 Å². The maximum Gasteiger partial charge on any atom is 0.417 e. The summed E-state index contributed by atoms with van der Waals surface area (Å²) in [5.41, 5.74) is -2.52. The van der Waals surface area contributed by atoms with Gasteiger partial charge in [-0.1, -0.05) is 0 Å². The van der Waals surface area contributed by atoms with Gasteiger partial charge in [0.25, 0.3) is 0 Å². The number of nitrogens with one attached hydrogen (secondary N) is 1. The zero-order valence-corrected chi connectivity index (χ0v) is 27.5. The zero-order valence-electron chi connectivity index (χ0n) is 26.7. The molecule has 0 aliphatic carbocycles. The summed E-state index contributed by atoms with van der Waals surface area (Å²) in [5, 5.41) is 29.1. The third-order valence-corrected chi connectivity index (χ3v) is 10.9. The molecule has 0 spiro atoms. The van der Waals surface area contributed by atoms with Gasteiger partial charge in [0.2, 0.25) is 0 Å². The van der Waals surface area contributed by atoms with Gasteiger partial charge in [0.1, 0.15) is 40.8 Å². The molecule has 49 heavy (non-hydrogen) atoms. The van der Waals surface area contributed by atoms with Crippen LogP contribution in [0.15, 0.2) is 18.3 Å². The van der Waals surface area contributed by atoms with E-state index in [1.54, 1.807) is 6.92 Å². The molecule has 0 radical (unpaired) electrons. The monoisotopic (exact) mass is 696 g/mol. The van der Waals surface area contributed by atoms with E-state index >= 15 is 0 Å². The van der Waals surface area contributed by atoms with Gasteiger partial charge in [0.05, 0.1) is 58.4 Å². The van der Waals surface area contributed by atoms with E-state index in [4.69, 9.17) is 19.4 Å². The maximum atomic E-state index is 14.8. The number of alkyl halides is 4. The van der Waals surface area contributed by atoms with Gasteiger partial charge in [-0.25, -0.2) is 9.37 Å². The Labute approximate surface area is 281 Å². The van der Waals surface area contributed by atoms with Gasteiger partial charge in [-0.15, -0.1) is 11.3 Å². The van der Waals surface area contributed by atoms with E-state index < -0.39 is 29.1 Å². The number of thiophene rings is 1. The highest BCUT2D eigenvalue weighted by atomic mass is 32.1. The number of β-amino-alcohol motifs (C(OH)–C–C–N with tert-alkyl or cyclic N) is 1. The Bertz CT molecular complexity index is 2160. The predicted octanol–water partition coefficient (Wildman–Crippen LogP) is 5.52. The van der Waals surface area contributed by atoms with E-state index in [2.05, 4.69) is 20.1 Å². The molecular formula is C33H32F4N8O3S. The van der Waals surface area contributed by atoms with Crippen LogP contribution in [0.3, 0.4) is 0 Å². The Morgan fingerprint density at radius 1 is 1.22 bits per heavy atom. The number of nitriles is 1. The van der Waals surface area contributed by atoms with E-state index in [-0.39, 0.29) is 60.3 Å². The molecule has 0 unspecified atom stereocenters. The van der Waals surface area contributed by atoms with Crippen molar-refractivity contribution in [2.45, 2.75) is 56.6 Å². The van der Waals surface area contributed by atoms with Gasteiger partial charge in [0.15, 0.2) is 0 Å². The molecule has 3 saturated heterocycles. The van der Waals surface area contributed by atoms with Crippen LogP contribution < -0.4 is 9.64 Å². The van der Waals surface area contributed by atoms with Crippen molar-refractivity contribution in [1.29, 1.82) is 5.26 Å². The number of benzene rings is 1. The normalized spacial score (nSPS) is 24.9. The fraction of sp³-hybridized carbons (Fsp3) is 0.485. The van der Waals surface area contributed by atoms with Gasteiger partial charge in [-0.3, -0.25) is 10.00 Å². The molecule has 3 atom stereocenters. The summed E-state index contributed by atoms with van der Waals surface area (Å²) in [6.45, 7) is 5.19. The minimum atomic E-state index is -4.74. The second-order valence-electron chi connectivity index (χ2n) is 13.6. The highest BCUT2D eigenvalue weighted by Gasteiger charge is 2.49. The average Bonchev–Trinajstić information content (AvgIpc) is 3.78. The number of halogens is 4. The van der Waals surface area contributed by atoms with Crippen LogP contribution in [-0.2, 0) is 10.9 Å². The van der Waals surface area contributed by atoms with Gasteiger partial charge in [-0.05, 0) is 50.9 Å². The maximum absolute atomic E-state index is 14.8. The van der Waals surface area contributed by atoms with Crippen molar-refractivity contribution >= 4 is 48.4 Å². The molecule has 256 valence electrons. The Morgan fingerprint density at radius 2 is 2.06 bits per heavy atom. The molecule has 2 N–H and O–H groups in total. The van der Waals surface area contributed by atoms with Gasteiger partial charge in [0, 0.05) is 35.8 Å². The number of rotatable bonds is 5. The number of hydrogen-bond donors (Lipinski definition) is 2. The number of fused-ring (bicyclic) bond motifs is 5. The first-order valence-electron chi connectivity index (χ1n) is 16.0. The highest BCUT2D eigenvalue weighted by Crippen LogP contribution is 2.49. The number of aryl methyl sites for hydroxylation is 1. The molecule has 0 amide bonds. The highest BCUT2D eigenvalue weighted by molar-refractivity contribution is 7.26. The van der Waals surface area contributed by atoms with Crippen molar-refractivity contribution in [1.82, 2.24) is 30.0 Å². The molecule has 4 aromatic heterocycles. The lowest BCUT2D eigenvalue weighted by atomic mass is 9.94. The lowest BCUT2D eigenvalue weighted by Crippen LogP contribution is -2.43. The number of hydrogen-bond acceptors (Lipinski definition) is 11. The number of H-pyrrole nitrogens is 1. The lowest BCUT2D eigenvalue weighted by Gasteiger charge is -2.31. The summed E-state index contributed by atoms with van der Waals surface area (Å²) in [6.07, 6.45) is -2.30. The number of aromatic amines is 1. The number of aromatic nitrogens is 5. The second-order valence-corrected chi connectivity index (χ2v) is 14.6. The van der Waals surface area contributed by atoms with Crippen molar-refractivity contribution in [2.75, 3.05) is 50.9 Å². The number of ether oxygens (including phenoxy) is 2. The number of anilines is 1. The molecule has 0 saturated carbocycles. The quantitative estimate of drug-likeness (QED) is 0.226. The van der Waals surface area contributed by atoms with Crippen LogP contribution in [0.5, 0.6) is 6.01 Å². The number of aliphatic hydroxyl groups is 1. The second kappa shape index (κ2) is 11.4. The molecule has 7 heterocycles. The fourth-order valence-corrected chi connectivity index (χ4v) is 8.96. The standard InChI is InChI=1S/C33H32F4N8O3S/c1-17-8-22-21(12-39-43-22)23(25(17)33(35,36)37)26-27-20(9-19(11-38)40-26)24-28(44-6-7-47-15-31(2,46)14-44)41-30(42-29(24)49-27)48-16-32-4-3-5-45(32)13-18(34)10-32/h8-9,12,18,46H,3-7,10,13-16H2,1-2H3,(H,39,43)/t18-,31+,32+/m1/s1. The third-order valence-electron chi connectivity index (χ3n) is 9.84. The Kier molecular flexibility index (Phi) is 7.49. The molecule has 3 aliphatic rings. The van der Waals surface area contributed by atoms with E-state index in [9.17, 15) is 27.9 Å². The van der Waals surface area contributed by atoms with E-state index in [0.29, 0.717) is 51.1 Å². The van der Waals surface area contributed by atoms with Gasteiger partial charge in [-0.2, -0.15) is 33.5 Å². The van der Waals surface area contributed by atoms with Crippen LogP contribution >= 0.6 is 11.3 Å². The van der Waals surface area contributed by atoms with Crippen LogP contribution in [0.4, 0.5) is 23.4 Å². The Hall–Kier alpha value is -4.17. The smallest absolute Gasteiger partial charge is 0.417 e. The summed E-state index contributed by atoms with van der Waals surface area (Å²) < 4.78 is 71.2. The predicted molar refractivity (Wildman–Crippen MR) is 174 cm³/mol. The van der Waals surface area contributed by atoms with Gasteiger partial charge < -0.3 is 19.5 Å². The topological polar surface area (TPSA) is 136 Å². The molecule has 1 aromatic carbocycles. The zero-order chi connectivity index (χ0) is 34.3. The van der Waals surface area contributed by atoms with E-state index in [0.717, 1.165) is 30.7 Å². The van der Waals surface area contributed by atoms with Crippen molar-refractivity contribution in [3.05, 3.63) is 35.2 Å². The molecule has 5 aromatic rings. The molecule has 16 heteroatoms. The summed E-state index contributed by atoms with van der Waals surface area (Å²) in [7, 11) is 0. The molecule has 3 aliphatic heterocycles. The SMILES string of the molecule is Cc1cc2[nH]ncc2c(-c2nc(C#N)cc3c2sc2nc(OC[C@@]45CCCN4C[C@H](F)C5)nc(N4CCOC[C@@](C)(O)C4)c23)c1C(F)(F)F. The molecule has 8 rings (SSSR count). The third kappa shape index (κ3) is 5.43. The first-order valence-corrected chi connectivity index (χ1v) is 16.8. The summed E-state index contributed by atoms with van der Waals surface area (Å²) in [5.74, 6) is 0.377. The van der Waals surface area contributed by atoms with Crippen LogP contribution in [0.2, 0.25) is 0 Å². The van der Waals surface area contributed by atoms with Crippen molar-refractivity contribution in [2.24, 2.45) is 0 Å². The van der Waals surface area contributed by atoms with Gasteiger partial charge >= 0.3 is 12.2 Å². The largest absolute Gasteiger partial charge is 0.461 e.